The van der Waals surface area contributed by atoms with E-state index >= 15 is 0 Å². The third kappa shape index (κ3) is 2.56. The van der Waals surface area contributed by atoms with Gasteiger partial charge < -0.3 is 18.6 Å². The molecule has 32 heavy (non-hydrogen) atoms. The lowest BCUT2D eigenvalue weighted by atomic mass is 10.1. The fourth-order valence-corrected chi connectivity index (χ4v) is 5.12. The Bertz CT molecular complexity index is 1640. The summed E-state index contributed by atoms with van der Waals surface area (Å²) in [7, 11) is 3.49. The second-order valence-electron chi connectivity index (χ2n) is 8.25. The van der Waals surface area contributed by atoms with Crippen molar-refractivity contribution in [2.24, 2.45) is 0 Å². The average molecular weight is 421 g/mol. The third-order valence-corrected chi connectivity index (χ3v) is 6.45. The molecular formula is C28H24N2O2. The number of hydrogen-bond donors (Lipinski definition) is 0. The van der Waals surface area contributed by atoms with E-state index in [4.69, 9.17) is 9.47 Å². The number of nitrogens with zero attached hydrogens (tertiary/aromatic N) is 2. The van der Waals surface area contributed by atoms with Crippen LogP contribution in [0.25, 0.3) is 43.6 Å². The van der Waals surface area contributed by atoms with Gasteiger partial charge in [0, 0.05) is 21.5 Å². The lowest BCUT2D eigenvalue weighted by Crippen LogP contribution is -2.09. The molecule has 0 atom stereocenters. The Morgan fingerprint density at radius 2 is 1.16 bits per heavy atom. The molecule has 4 aromatic carbocycles. The van der Waals surface area contributed by atoms with Gasteiger partial charge >= 0.3 is 0 Å². The van der Waals surface area contributed by atoms with E-state index in [-0.39, 0.29) is 0 Å². The molecule has 2 heterocycles. The van der Waals surface area contributed by atoms with Crippen LogP contribution < -0.4 is 9.47 Å². The molecule has 0 unspecified atom stereocenters. The van der Waals surface area contributed by atoms with Crippen LogP contribution in [0.3, 0.4) is 0 Å². The first-order valence-electron chi connectivity index (χ1n) is 10.8. The predicted octanol–water partition coefficient (Wildman–Crippen LogP) is 6.73. The normalized spacial score (nSPS) is 11.7. The summed E-state index contributed by atoms with van der Waals surface area (Å²) in [5.74, 6) is 1.77. The molecule has 4 nitrogen and oxygen atoms in total. The molecule has 4 heteroatoms. The van der Waals surface area contributed by atoms with Crippen molar-refractivity contribution in [1.29, 1.82) is 0 Å². The zero-order valence-corrected chi connectivity index (χ0v) is 18.4. The molecular weight excluding hydrogens is 396 g/mol. The average Bonchev–Trinajstić information content (AvgIpc) is 3.32. The molecule has 0 fully saturated rings. The molecule has 0 N–H and O–H groups in total. The van der Waals surface area contributed by atoms with Gasteiger partial charge in [0.05, 0.1) is 36.3 Å². The molecule has 0 amide bonds. The van der Waals surface area contributed by atoms with Crippen molar-refractivity contribution in [2.75, 3.05) is 14.2 Å². The summed E-state index contributed by atoms with van der Waals surface area (Å²) >= 11 is 0. The lowest BCUT2D eigenvalue weighted by Gasteiger charge is -2.15. The highest BCUT2D eigenvalue weighted by Gasteiger charge is 2.19. The van der Waals surface area contributed by atoms with Gasteiger partial charge in [0.2, 0.25) is 0 Å². The first kappa shape index (κ1) is 18.8. The van der Waals surface area contributed by atoms with Crippen molar-refractivity contribution in [3.05, 3.63) is 84.4 Å². The van der Waals surface area contributed by atoms with Crippen LogP contribution in [0.5, 0.6) is 11.5 Å². The number of methoxy groups -OCH3 is 2. The zero-order valence-electron chi connectivity index (χ0n) is 18.4. The van der Waals surface area contributed by atoms with Crippen molar-refractivity contribution in [3.63, 3.8) is 0 Å². The van der Waals surface area contributed by atoms with E-state index in [0.717, 1.165) is 22.5 Å². The van der Waals surface area contributed by atoms with Crippen molar-refractivity contribution < 1.29 is 9.47 Å². The molecule has 0 bridgehead atoms. The minimum Gasteiger partial charge on any atom is -0.495 e. The number of aromatic nitrogens is 2. The Morgan fingerprint density at radius 1 is 0.594 bits per heavy atom. The van der Waals surface area contributed by atoms with Gasteiger partial charge in [0.25, 0.3) is 0 Å². The van der Waals surface area contributed by atoms with E-state index in [2.05, 4.69) is 88.9 Å². The SMILES string of the molecule is COc1cccc2c3ccccc3n(Cn3c4ccccc4c4cc(C)cc(OC)c43)c12. The Hall–Kier alpha value is -3.92. The van der Waals surface area contributed by atoms with Gasteiger partial charge in [-0.2, -0.15) is 0 Å². The van der Waals surface area contributed by atoms with E-state index in [1.54, 1.807) is 14.2 Å². The lowest BCUT2D eigenvalue weighted by molar-refractivity contribution is 0.415. The molecule has 6 aromatic rings. The topological polar surface area (TPSA) is 28.3 Å². The monoisotopic (exact) mass is 420 g/mol. The summed E-state index contributed by atoms with van der Waals surface area (Å²) in [6.07, 6.45) is 0. The van der Waals surface area contributed by atoms with Crippen molar-refractivity contribution >= 4 is 43.6 Å². The smallest absolute Gasteiger partial charge is 0.143 e. The number of aryl methyl sites for hydroxylation is 1. The van der Waals surface area contributed by atoms with Crippen LogP contribution >= 0.6 is 0 Å². The summed E-state index contributed by atoms with van der Waals surface area (Å²) < 4.78 is 16.4. The van der Waals surface area contributed by atoms with E-state index in [0.29, 0.717) is 6.67 Å². The van der Waals surface area contributed by atoms with Crippen molar-refractivity contribution in [3.8, 4) is 11.5 Å². The van der Waals surface area contributed by atoms with Gasteiger partial charge in [-0.25, -0.2) is 0 Å². The second-order valence-corrected chi connectivity index (χ2v) is 8.25. The number of para-hydroxylation sites is 3. The molecule has 0 radical (unpaired) electrons. The number of benzene rings is 4. The quantitative estimate of drug-likeness (QED) is 0.316. The summed E-state index contributed by atoms with van der Waals surface area (Å²) in [6, 6.07) is 27.8. The molecule has 0 saturated carbocycles. The molecule has 0 aliphatic carbocycles. The fraction of sp³-hybridized carbons (Fsp3) is 0.143. The second kappa shape index (κ2) is 7.06. The molecule has 0 aliphatic rings. The highest BCUT2D eigenvalue weighted by Crippen LogP contribution is 2.39. The fourth-order valence-electron chi connectivity index (χ4n) is 5.12. The highest BCUT2D eigenvalue weighted by molar-refractivity contribution is 6.12. The molecule has 0 aliphatic heterocycles. The maximum Gasteiger partial charge on any atom is 0.143 e. The van der Waals surface area contributed by atoms with Crippen LogP contribution in [0, 0.1) is 6.92 Å². The molecule has 0 spiro atoms. The third-order valence-electron chi connectivity index (χ3n) is 6.45. The van der Waals surface area contributed by atoms with Gasteiger partial charge in [0.1, 0.15) is 18.2 Å². The number of fused-ring (bicyclic) bond motifs is 6. The zero-order chi connectivity index (χ0) is 21.8. The van der Waals surface area contributed by atoms with E-state index < -0.39 is 0 Å². The van der Waals surface area contributed by atoms with Gasteiger partial charge in [-0.15, -0.1) is 0 Å². The van der Waals surface area contributed by atoms with E-state index in [1.807, 2.05) is 6.07 Å². The Balaban J connectivity index is 1.74. The number of rotatable bonds is 4. The van der Waals surface area contributed by atoms with E-state index in [9.17, 15) is 0 Å². The minimum atomic E-state index is 0.647. The molecule has 6 rings (SSSR count). The number of ether oxygens (including phenoxy) is 2. The Kier molecular flexibility index (Phi) is 4.15. The van der Waals surface area contributed by atoms with Gasteiger partial charge in [-0.3, -0.25) is 0 Å². The Labute approximate surface area is 186 Å². The van der Waals surface area contributed by atoms with Crippen LogP contribution in [0.1, 0.15) is 5.56 Å². The van der Waals surface area contributed by atoms with Gasteiger partial charge in [-0.05, 0) is 42.8 Å². The van der Waals surface area contributed by atoms with Gasteiger partial charge in [0.15, 0.2) is 0 Å². The van der Waals surface area contributed by atoms with Crippen LogP contribution in [-0.4, -0.2) is 23.4 Å². The van der Waals surface area contributed by atoms with E-state index in [1.165, 1.54) is 38.1 Å². The summed E-state index contributed by atoms with van der Waals surface area (Å²) in [6.45, 7) is 2.76. The summed E-state index contributed by atoms with van der Waals surface area (Å²) in [5.41, 5.74) is 5.78. The minimum absolute atomic E-state index is 0.647. The van der Waals surface area contributed by atoms with Crippen molar-refractivity contribution in [1.82, 2.24) is 9.13 Å². The van der Waals surface area contributed by atoms with Crippen LogP contribution in [-0.2, 0) is 6.67 Å². The van der Waals surface area contributed by atoms with Crippen LogP contribution in [0.2, 0.25) is 0 Å². The highest BCUT2D eigenvalue weighted by atomic mass is 16.5. The summed E-state index contributed by atoms with van der Waals surface area (Å²) in [4.78, 5) is 0. The number of hydrogen-bond acceptors (Lipinski definition) is 2. The van der Waals surface area contributed by atoms with Crippen LogP contribution in [0.4, 0.5) is 0 Å². The maximum atomic E-state index is 5.86. The molecule has 0 saturated heterocycles. The van der Waals surface area contributed by atoms with Crippen LogP contribution in [0.15, 0.2) is 78.9 Å². The standard InChI is InChI=1S/C28H24N2O2/c1-18-15-22-20-10-5-7-13-24(20)30(28(22)26(16-18)32-3)17-29-23-12-6-4-9-19(23)21-11-8-14-25(31-2)27(21)29/h4-16H,17H2,1-3H3. The molecule has 158 valence electrons. The predicted molar refractivity (Wildman–Crippen MR) is 132 cm³/mol. The molecule has 2 aromatic heterocycles. The first-order valence-corrected chi connectivity index (χ1v) is 10.8. The van der Waals surface area contributed by atoms with Gasteiger partial charge in [-0.1, -0.05) is 48.5 Å². The maximum absolute atomic E-state index is 5.86. The Morgan fingerprint density at radius 3 is 1.81 bits per heavy atom. The largest absolute Gasteiger partial charge is 0.495 e. The summed E-state index contributed by atoms with van der Waals surface area (Å²) in [5, 5.41) is 4.87. The van der Waals surface area contributed by atoms with Crippen molar-refractivity contribution in [2.45, 2.75) is 13.6 Å². The first-order chi connectivity index (χ1) is 15.7.